The SMILES string of the molecule is Cc1cc(C)n2nc(C(=O)OCC(=O)N(c3ccccc3)[C@@H]3C=CS(=O)(=O)C3)nc2n1. The second-order valence-corrected chi connectivity index (χ2v) is 9.02. The summed E-state index contributed by atoms with van der Waals surface area (Å²) < 4.78 is 30.3. The van der Waals surface area contributed by atoms with E-state index in [-0.39, 0.29) is 17.4 Å². The number of hydrogen-bond donors (Lipinski definition) is 0. The summed E-state index contributed by atoms with van der Waals surface area (Å²) in [6, 6.07) is 9.69. The van der Waals surface area contributed by atoms with Crippen molar-refractivity contribution in [1.29, 1.82) is 0 Å². The molecule has 3 aromatic rings. The van der Waals surface area contributed by atoms with Crippen LogP contribution in [-0.4, -0.2) is 58.3 Å². The molecule has 0 fully saturated rings. The van der Waals surface area contributed by atoms with Gasteiger partial charge in [-0.3, -0.25) is 4.79 Å². The largest absolute Gasteiger partial charge is 0.450 e. The molecular formula is C20H19N5O5S. The Labute approximate surface area is 178 Å². The van der Waals surface area contributed by atoms with Gasteiger partial charge in [0, 0.05) is 22.5 Å². The molecule has 0 N–H and O–H groups in total. The number of carbonyl (C=O) groups is 2. The third-order valence-electron chi connectivity index (χ3n) is 4.67. The average Bonchev–Trinajstić information content (AvgIpc) is 3.30. The second-order valence-electron chi connectivity index (χ2n) is 7.09. The van der Waals surface area contributed by atoms with Crippen molar-refractivity contribution < 1.29 is 22.7 Å². The maximum absolute atomic E-state index is 12.9. The summed E-state index contributed by atoms with van der Waals surface area (Å²) in [6.45, 7) is 3.00. The number of fused-ring (bicyclic) bond motifs is 1. The normalized spacial score (nSPS) is 17.0. The summed E-state index contributed by atoms with van der Waals surface area (Å²) in [5.74, 6) is -1.65. The van der Waals surface area contributed by atoms with Crippen LogP contribution in [0.5, 0.6) is 0 Å². The Morgan fingerprint density at radius 2 is 1.94 bits per heavy atom. The van der Waals surface area contributed by atoms with Gasteiger partial charge in [-0.2, -0.15) is 4.98 Å². The number of sulfone groups is 1. The number of rotatable bonds is 5. The predicted molar refractivity (Wildman–Crippen MR) is 111 cm³/mol. The van der Waals surface area contributed by atoms with Gasteiger partial charge >= 0.3 is 5.97 Å². The topological polar surface area (TPSA) is 124 Å². The zero-order valence-electron chi connectivity index (χ0n) is 16.8. The van der Waals surface area contributed by atoms with E-state index in [4.69, 9.17) is 4.74 Å². The van der Waals surface area contributed by atoms with E-state index in [1.807, 2.05) is 0 Å². The number of anilines is 1. The fourth-order valence-corrected chi connectivity index (χ4v) is 4.61. The fourth-order valence-electron chi connectivity index (χ4n) is 3.34. The van der Waals surface area contributed by atoms with Gasteiger partial charge in [0.15, 0.2) is 16.4 Å². The Bertz CT molecular complexity index is 1300. The first-order chi connectivity index (χ1) is 14.7. The van der Waals surface area contributed by atoms with Crippen molar-refractivity contribution in [1.82, 2.24) is 19.6 Å². The number of esters is 1. The van der Waals surface area contributed by atoms with E-state index in [2.05, 4.69) is 15.1 Å². The summed E-state index contributed by atoms with van der Waals surface area (Å²) >= 11 is 0. The summed E-state index contributed by atoms with van der Waals surface area (Å²) in [5, 5.41) is 5.17. The molecule has 0 spiro atoms. The van der Waals surface area contributed by atoms with Crippen LogP contribution in [-0.2, 0) is 19.4 Å². The molecule has 4 rings (SSSR count). The minimum absolute atomic E-state index is 0.219. The third-order valence-corrected chi connectivity index (χ3v) is 6.05. The molecule has 0 saturated carbocycles. The zero-order chi connectivity index (χ0) is 22.2. The monoisotopic (exact) mass is 441 g/mol. The van der Waals surface area contributed by atoms with Gasteiger partial charge < -0.3 is 9.64 Å². The number of ether oxygens (including phenoxy) is 1. The molecule has 0 unspecified atom stereocenters. The fraction of sp³-hybridized carbons (Fsp3) is 0.250. The van der Waals surface area contributed by atoms with Crippen LogP contribution >= 0.6 is 0 Å². The molecule has 160 valence electrons. The van der Waals surface area contributed by atoms with Gasteiger partial charge in [0.25, 0.3) is 17.5 Å². The lowest BCUT2D eigenvalue weighted by atomic mass is 10.2. The summed E-state index contributed by atoms with van der Waals surface area (Å²) in [7, 11) is -3.39. The van der Waals surface area contributed by atoms with Gasteiger partial charge in [-0.1, -0.05) is 18.2 Å². The zero-order valence-corrected chi connectivity index (χ0v) is 17.6. The highest BCUT2D eigenvalue weighted by atomic mass is 32.2. The van der Waals surface area contributed by atoms with Crippen LogP contribution in [0.15, 0.2) is 47.9 Å². The minimum atomic E-state index is -3.39. The molecule has 10 nitrogen and oxygen atoms in total. The Balaban J connectivity index is 1.52. The molecule has 1 aliphatic rings. The highest BCUT2D eigenvalue weighted by Crippen LogP contribution is 2.23. The van der Waals surface area contributed by atoms with E-state index in [0.29, 0.717) is 5.69 Å². The molecule has 11 heteroatoms. The van der Waals surface area contributed by atoms with Gasteiger partial charge in [0.2, 0.25) is 0 Å². The number of hydrogen-bond acceptors (Lipinski definition) is 8. The molecule has 31 heavy (non-hydrogen) atoms. The Hall–Kier alpha value is -3.60. The first-order valence-corrected chi connectivity index (χ1v) is 11.1. The van der Waals surface area contributed by atoms with Gasteiger partial charge in [-0.05, 0) is 38.1 Å². The Morgan fingerprint density at radius 1 is 1.19 bits per heavy atom. The van der Waals surface area contributed by atoms with Gasteiger partial charge in [-0.15, -0.1) is 5.10 Å². The van der Waals surface area contributed by atoms with E-state index in [0.717, 1.165) is 16.8 Å². The molecule has 0 aliphatic carbocycles. The van der Waals surface area contributed by atoms with Crippen molar-refractivity contribution >= 4 is 33.2 Å². The molecule has 0 radical (unpaired) electrons. The molecule has 2 aromatic heterocycles. The molecule has 0 saturated heterocycles. The van der Waals surface area contributed by atoms with E-state index in [1.54, 1.807) is 50.2 Å². The van der Waals surface area contributed by atoms with Crippen molar-refractivity contribution in [2.75, 3.05) is 17.3 Å². The summed E-state index contributed by atoms with van der Waals surface area (Å²) in [5.41, 5.74) is 1.97. The first kappa shape index (κ1) is 20.7. The van der Waals surface area contributed by atoms with Crippen molar-refractivity contribution in [3.05, 3.63) is 65.1 Å². The van der Waals surface area contributed by atoms with Crippen molar-refractivity contribution in [3.8, 4) is 0 Å². The highest BCUT2D eigenvalue weighted by Gasteiger charge is 2.32. The maximum Gasteiger partial charge on any atom is 0.378 e. The molecule has 1 aliphatic heterocycles. The van der Waals surface area contributed by atoms with Crippen molar-refractivity contribution in [2.24, 2.45) is 0 Å². The molecular weight excluding hydrogens is 422 g/mol. The van der Waals surface area contributed by atoms with Gasteiger partial charge in [0.1, 0.15) is 0 Å². The number of nitrogens with zero attached hydrogens (tertiary/aromatic N) is 5. The smallest absolute Gasteiger partial charge is 0.378 e. The van der Waals surface area contributed by atoms with Crippen LogP contribution < -0.4 is 4.90 Å². The molecule has 1 atom stereocenters. The predicted octanol–water partition coefficient (Wildman–Crippen LogP) is 1.24. The lowest BCUT2D eigenvalue weighted by Gasteiger charge is -2.27. The van der Waals surface area contributed by atoms with Crippen LogP contribution in [0.3, 0.4) is 0 Å². The quantitative estimate of drug-likeness (QED) is 0.542. The van der Waals surface area contributed by atoms with Crippen LogP contribution in [0.4, 0.5) is 5.69 Å². The summed E-state index contributed by atoms with van der Waals surface area (Å²) in [4.78, 5) is 34.9. The minimum Gasteiger partial charge on any atom is -0.450 e. The molecule has 1 aromatic carbocycles. The molecule has 3 heterocycles. The third kappa shape index (κ3) is 4.31. The summed E-state index contributed by atoms with van der Waals surface area (Å²) in [6.07, 6.45) is 1.45. The average molecular weight is 441 g/mol. The van der Waals surface area contributed by atoms with Crippen LogP contribution in [0.25, 0.3) is 5.78 Å². The maximum atomic E-state index is 12.9. The van der Waals surface area contributed by atoms with E-state index >= 15 is 0 Å². The van der Waals surface area contributed by atoms with Crippen LogP contribution in [0.1, 0.15) is 22.0 Å². The van der Waals surface area contributed by atoms with Crippen molar-refractivity contribution in [3.63, 3.8) is 0 Å². The second kappa shape index (κ2) is 7.91. The number of carbonyl (C=O) groups excluding carboxylic acids is 2. The number of para-hydroxylation sites is 1. The Morgan fingerprint density at radius 3 is 2.61 bits per heavy atom. The number of amides is 1. The number of aromatic nitrogens is 4. The molecule has 1 amide bonds. The first-order valence-electron chi connectivity index (χ1n) is 9.40. The van der Waals surface area contributed by atoms with Gasteiger partial charge in [-0.25, -0.2) is 22.7 Å². The van der Waals surface area contributed by atoms with E-state index in [9.17, 15) is 18.0 Å². The standard InChI is InChI=1S/C20H19N5O5S/c1-13-10-14(2)25-20(21-13)22-18(23-25)19(27)30-11-17(26)24(15-6-4-3-5-7-15)16-8-9-31(28,29)12-16/h3-10,16H,11-12H2,1-2H3/t16-/m1/s1. The Kier molecular flexibility index (Phi) is 5.27. The van der Waals surface area contributed by atoms with Gasteiger partial charge in [0.05, 0.1) is 11.8 Å². The molecule has 0 bridgehead atoms. The van der Waals surface area contributed by atoms with E-state index < -0.39 is 34.4 Å². The lowest BCUT2D eigenvalue weighted by molar-refractivity contribution is -0.121. The van der Waals surface area contributed by atoms with Crippen LogP contribution in [0, 0.1) is 13.8 Å². The van der Waals surface area contributed by atoms with Crippen molar-refractivity contribution in [2.45, 2.75) is 19.9 Å². The van der Waals surface area contributed by atoms with E-state index in [1.165, 1.54) is 15.5 Å². The van der Waals surface area contributed by atoms with Crippen LogP contribution in [0.2, 0.25) is 0 Å². The lowest BCUT2D eigenvalue weighted by Crippen LogP contribution is -2.43. The number of aryl methyl sites for hydroxylation is 2. The highest BCUT2D eigenvalue weighted by molar-refractivity contribution is 7.94. The number of benzene rings is 1.